The van der Waals surface area contributed by atoms with E-state index in [9.17, 15) is 48.3 Å². The topological polar surface area (TPSA) is 235 Å². The van der Waals surface area contributed by atoms with Gasteiger partial charge in [-0.15, -0.1) is 0 Å². The first-order valence-electron chi connectivity index (χ1n) is 28.3. The first kappa shape index (κ1) is 67.3. The number of cyclic esters (lactones) is 1. The van der Waals surface area contributed by atoms with Gasteiger partial charge in [0.25, 0.3) is 5.91 Å². The molecule has 0 aromatic carbocycles. The summed E-state index contributed by atoms with van der Waals surface area (Å²) < 4.78 is 6.08. The van der Waals surface area contributed by atoms with Gasteiger partial charge in [-0.1, -0.05) is 110 Å². The van der Waals surface area contributed by atoms with Gasteiger partial charge < -0.3 is 50.3 Å². The summed E-state index contributed by atoms with van der Waals surface area (Å²) in [6.45, 7) is 28.9. The minimum Gasteiger partial charge on any atom is -0.450 e. The molecule has 76 heavy (non-hydrogen) atoms. The number of likely N-dealkylation sites (N-methyl/N-ethyl adjacent to an activating group) is 4. The maximum Gasteiger partial charge on any atom is 0.332 e. The summed E-state index contributed by atoms with van der Waals surface area (Å²) in [6.07, 6.45) is 3.22. The van der Waals surface area contributed by atoms with Gasteiger partial charge in [-0.25, -0.2) is 4.79 Å². The summed E-state index contributed by atoms with van der Waals surface area (Å²) in [5.41, 5.74) is -1.95. The molecule has 0 aromatic rings. The number of ether oxygens (including phenoxy) is 1. The van der Waals surface area contributed by atoms with Gasteiger partial charge in [-0.3, -0.25) is 38.4 Å². The minimum absolute atomic E-state index is 0.0564. The Labute approximate surface area is 456 Å². The molecule has 0 aliphatic carbocycles. The maximum atomic E-state index is 14.8. The predicted molar refractivity (Wildman–Crippen MR) is 294 cm³/mol. The van der Waals surface area contributed by atoms with Gasteiger partial charge in [0.15, 0.2) is 12.1 Å². The zero-order chi connectivity index (χ0) is 58.4. The molecule has 8 amide bonds. The van der Waals surface area contributed by atoms with Crippen LogP contribution in [0.3, 0.4) is 0 Å². The van der Waals surface area contributed by atoms with Crippen molar-refractivity contribution in [2.75, 3.05) is 41.3 Å². The largest absolute Gasteiger partial charge is 0.450 e. The van der Waals surface area contributed by atoms with Crippen LogP contribution in [-0.4, -0.2) is 178 Å². The monoisotopic (exact) mass is 1070 g/mol. The second-order valence-electron chi connectivity index (χ2n) is 24.5. The normalized spacial score (nSPS) is 27.5. The Hall–Kier alpha value is -4.81. The standard InChI is InChI=1S/C57H102N8O11/c1-21-35(10)28-36(11)29-37(12)30-41-52(70)61(17)31-43(66)65-26-24-25-42(65)49(67)60-44(38(13)22-2)54(72)62(18)45(33(6)7)50(68)58-40(27-32(4)5)53(71)64(20)48(57(15,16)75)56(74)76-47(39(14)23-3)55(73)63(19)46(34(8)9)51(69)59-41/h32-42,44-48,75H,21-31H2,1-20H3,(H,58,68)(H,59,69)(H,60,67)/t35-,36-,37-,38+,39+,40-,41-,42-,44?,45-,46-,47+,48+/m0/s1. The highest BCUT2D eigenvalue weighted by Crippen LogP contribution is 2.28. The molecule has 19 nitrogen and oxygen atoms in total. The third-order valence-corrected chi connectivity index (χ3v) is 15.9. The fourth-order valence-corrected chi connectivity index (χ4v) is 11.1. The lowest BCUT2D eigenvalue weighted by Gasteiger charge is -2.39. The van der Waals surface area contributed by atoms with E-state index >= 15 is 0 Å². The van der Waals surface area contributed by atoms with Crippen LogP contribution in [-0.2, 0) is 47.9 Å². The zero-order valence-corrected chi connectivity index (χ0v) is 50.3. The third kappa shape index (κ3) is 18.1. The summed E-state index contributed by atoms with van der Waals surface area (Å²) in [6, 6.07) is -8.48. The SMILES string of the molecule is CC[C@H](C)C[C@H](C)C[C@H](C)C[C@@H]1NC(=O)[C@H](C(C)C)N(C)C(=O)[C@@H]([C@H](C)CC)OC(=O)[C@H](C(C)(C)O)N(C)C(=O)[C@H](CC(C)C)NC(=O)[C@H](C(C)C)N(C)C(=O)C([C@H](C)CC)NC(=O)[C@@H]2CCCN2C(=O)CN(C)C1=O. The lowest BCUT2D eigenvalue weighted by atomic mass is 9.86. The van der Waals surface area contributed by atoms with Crippen LogP contribution < -0.4 is 16.0 Å². The van der Waals surface area contributed by atoms with Crippen molar-refractivity contribution >= 4 is 53.2 Å². The number of nitrogens with zero attached hydrogens (tertiary/aromatic N) is 5. The van der Waals surface area contributed by atoms with Crippen LogP contribution >= 0.6 is 0 Å². The smallest absolute Gasteiger partial charge is 0.332 e. The number of fused-ring (bicyclic) bond motifs is 1. The first-order chi connectivity index (χ1) is 35.2. The number of aliphatic hydroxyl groups is 1. The predicted octanol–water partition coefficient (Wildman–Crippen LogP) is 5.01. The van der Waals surface area contributed by atoms with Gasteiger partial charge in [-0.2, -0.15) is 0 Å². The average molecular weight is 1080 g/mol. The van der Waals surface area contributed by atoms with Crippen LogP contribution in [0.15, 0.2) is 0 Å². The molecule has 2 saturated heterocycles. The number of amides is 8. The fourth-order valence-electron chi connectivity index (χ4n) is 11.1. The second kappa shape index (κ2) is 29.8. The molecule has 2 aliphatic rings. The molecule has 2 heterocycles. The van der Waals surface area contributed by atoms with Gasteiger partial charge in [0, 0.05) is 40.7 Å². The Morgan fingerprint density at radius 1 is 0.592 bits per heavy atom. The molecule has 1 unspecified atom stereocenters. The summed E-state index contributed by atoms with van der Waals surface area (Å²) >= 11 is 0. The molecular weight excluding hydrogens is 973 g/mol. The van der Waals surface area contributed by atoms with Crippen LogP contribution in [0, 0.1) is 47.3 Å². The van der Waals surface area contributed by atoms with Crippen LogP contribution in [0.1, 0.15) is 169 Å². The van der Waals surface area contributed by atoms with E-state index in [2.05, 4.69) is 36.7 Å². The summed E-state index contributed by atoms with van der Waals surface area (Å²) in [7, 11) is 5.68. The molecule has 19 heteroatoms. The van der Waals surface area contributed by atoms with E-state index in [1.165, 1.54) is 61.6 Å². The van der Waals surface area contributed by atoms with E-state index in [0.29, 0.717) is 37.5 Å². The Kier molecular flexibility index (Phi) is 26.4. The molecule has 0 aromatic heterocycles. The zero-order valence-electron chi connectivity index (χ0n) is 50.3. The van der Waals surface area contributed by atoms with Crippen molar-refractivity contribution in [3.63, 3.8) is 0 Å². The van der Waals surface area contributed by atoms with Crippen molar-refractivity contribution < 1.29 is 53.0 Å². The highest BCUT2D eigenvalue weighted by molar-refractivity contribution is 5.98. The number of esters is 1. The molecule has 2 aliphatic heterocycles. The highest BCUT2D eigenvalue weighted by atomic mass is 16.6. The lowest BCUT2D eigenvalue weighted by molar-refractivity contribution is -0.177. The molecule has 0 saturated carbocycles. The molecule has 0 spiro atoms. The number of rotatable bonds is 16. The van der Waals surface area contributed by atoms with Gasteiger partial charge in [0.1, 0.15) is 36.3 Å². The van der Waals surface area contributed by atoms with E-state index in [1.54, 1.807) is 41.5 Å². The number of carbonyl (C=O) groups excluding carboxylic acids is 9. The molecule has 2 rings (SSSR count). The summed E-state index contributed by atoms with van der Waals surface area (Å²) in [5.74, 6) is -7.48. The Morgan fingerprint density at radius 3 is 1.57 bits per heavy atom. The number of carbonyl (C=O) groups is 9. The van der Waals surface area contributed by atoms with Crippen molar-refractivity contribution in [3.05, 3.63) is 0 Å². The molecule has 0 radical (unpaired) electrons. The molecular formula is C57H102N8O11. The van der Waals surface area contributed by atoms with Crippen LogP contribution in [0.4, 0.5) is 0 Å². The molecule has 4 N–H and O–H groups in total. The Morgan fingerprint density at radius 2 is 1.09 bits per heavy atom. The van der Waals surface area contributed by atoms with Crippen molar-refractivity contribution in [3.8, 4) is 0 Å². The number of nitrogens with one attached hydrogen (secondary N) is 3. The second-order valence-corrected chi connectivity index (χ2v) is 24.5. The van der Waals surface area contributed by atoms with Crippen LogP contribution in [0.5, 0.6) is 0 Å². The van der Waals surface area contributed by atoms with Crippen molar-refractivity contribution in [1.82, 2.24) is 40.4 Å². The van der Waals surface area contributed by atoms with E-state index in [1.807, 2.05) is 34.6 Å². The summed E-state index contributed by atoms with van der Waals surface area (Å²) in [4.78, 5) is 138. The maximum absolute atomic E-state index is 14.8. The van der Waals surface area contributed by atoms with E-state index in [-0.39, 0.29) is 31.2 Å². The van der Waals surface area contributed by atoms with E-state index in [4.69, 9.17) is 4.74 Å². The summed E-state index contributed by atoms with van der Waals surface area (Å²) in [5, 5.41) is 20.4. The Bertz CT molecular complexity index is 1990. The van der Waals surface area contributed by atoms with Gasteiger partial charge in [0.05, 0.1) is 12.1 Å². The van der Waals surface area contributed by atoms with Crippen molar-refractivity contribution in [2.45, 2.75) is 223 Å². The highest BCUT2D eigenvalue weighted by Gasteiger charge is 2.47. The molecule has 13 atom stereocenters. The molecule has 436 valence electrons. The lowest BCUT2D eigenvalue weighted by Crippen LogP contribution is -2.63. The van der Waals surface area contributed by atoms with Gasteiger partial charge in [0.2, 0.25) is 41.4 Å². The van der Waals surface area contributed by atoms with Crippen LogP contribution in [0.2, 0.25) is 0 Å². The average Bonchev–Trinajstić information content (AvgIpc) is 3.82. The van der Waals surface area contributed by atoms with Crippen LogP contribution in [0.25, 0.3) is 0 Å². The number of hydrogen-bond acceptors (Lipinski definition) is 11. The Balaban J connectivity index is 2.94. The fraction of sp³-hybridized carbons (Fsp3) is 0.842. The van der Waals surface area contributed by atoms with Crippen molar-refractivity contribution in [1.29, 1.82) is 0 Å². The van der Waals surface area contributed by atoms with Gasteiger partial charge >= 0.3 is 5.97 Å². The van der Waals surface area contributed by atoms with E-state index < -0.39 is 137 Å². The first-order valence-corrected chi connectivity index (χ1v) is 28.3. The minimum atomic E-state index is -1.95. The number of hydrogen-bond donors (Lipinski definition) is 4. The third-order valence-electron chi connectivity index (χ3n) is 15.9. The molecule has 2 fully saturated rings. The van der Waals surface area contributed by atoms with Crippen molar-refractivity contribution in [2.24, 2.45) is 47.3 Å². The quantitative estimate of drug-likeness (QED) is 0.150. The molecule has 0 bridgehead atoms. The van der Waals surface area contributed by atoms with E-state index in [0.717, 1.165) is 24.2 Å². The van der Waals surface area contributed by atoms with Gasteiger partial charge in [-0.05, 0) is 100 Å².